The van der Waals surface area contributed by atoms with Crippen LogP contribution in [0.4, 0.5) is 0 Å². The third-order valence-corrected chi connectivity index (χ3v) is 5.32. The van der Waals surface area contributed by atoms with Crippen LogP contribution >= 0.6 is 0 Å². The molecular weight excluding hydrogens is 242 g/mol. The number of hydrogen-bond donors (Lipinski definition) is 1. The number of rotatable bonds is 3. The largest absolute Gasteiger partial charge is 0.480 e. The van der Waals surface area contributed by atoms with Crippen LogP contribution in [0.5, 0.6) is 0 Å². The van der Waals surface area contributed by atoms with Crippen LogP contribution in [0.15, 0.2) is 0 Å². The predicted molar refractivity (Wildman–Crippen MR) is 72.0 cm³/mol. The summed E-state index contributed by atoms with van der Waals surface area (Å²) in [6.45, 7) is 2.68. The predicted octanol–water partition coefficient (Wildman–Crippen LogP) is 2.13. The average molecular weight is 267 g/mol. The van der Waals surface area contributed by atoms with Gasteiger partial charge in [0.15, 0.2) is 0 Å². The van der Waals surface area contributed by atoms with Gasteiger partial charge in [0.25, 0.3) is 0 Å². The Morgan fingerprint density at radius 3 is 2.63 bits per heavy atom. The molecule has 0 aromatic heterocycles. The smallest absolute Gasteiger partial charge is 0.320 e. The fraction of sp³-hybridized carbons (Fsp3) is 0.933. The summed E-state index contributed by atoms with van der Waals surface area (Å²) in [5.74, 6) is 0.660. The molecule has 108 valence electrons. The van der Waals surface area contributed by atoms with Gasteiger partial charge in [-0.3, -0.25) is 9.69 Å². The van der Waals surface area contributed by atoms with Gasteiger partial charge in [0, 0.05) is 25.8 Å². The number of fused-ring (bicyclic) bond motifs is 1. The third-order valence-electron chi connectivity index (χ3n) is 5.32. The lowest BCUT2D eigenvalue weighted by Crippen LogP contribution is -2.45. The molecule has 0 radical (unpaired) electrons. The van der Waals surface area contributed by atoms with Gasteiger partial charge in [-0.1, -0.05) is 12.8 Å². The highest BCUT2D eigenvalue weighted by Gasteiger charge is 2.45. The van der Waals surface area contributed by atoms with Crippen molar-refractivity contribution in [3.05, 3.63) is 0 Å². The van der Waals surface area contributed by atoms with E-state index in [2.05, 4.69) is 4.90 Å². The van der Waals surface area contributed by atoms with Crippen molar-refractivity contribution in [2.45, 2.75) is 57.0 Å². The van der Waals surface area contributed by atoms with Gasteiger partial charge in [-0.2, -0.15) is 0 Å². The summed E-state index contributed by atoms with van der Waals surface area (Å²) in [5, 5.41) is 9.49. The minimum Gasteiger partial charge on any atom is -0.480 e. The quantitative estimate of drug-likeness (QED) is 0.851. The van der Waals surface area contributed by atoms with E-state index >= 15 is 0 Å². The maximum absolute atomic E-state index is 11.5. The van der Waals surface area contributed by atoms with E-state index in [1.54, 1.807) is 0 Å². The van der Waals surface area contributed by atoms with Crippen molar-refractivity contribution in [2.75, 3.05) is 19.8 Å². The molecule has 3 atom stereocenters. The van der Waals surface area contributed by atoms with Gasteiger partial charge < -0.3 is 9.84 Å². The molecule has 3 fully saturated rings. The van der Waals surface area contributed by atoms with Crippen molar-refractivity contribution in [2.24, 2.45) is 11.8 Å². The van der Waals surface area contributed by atoms with Crippen LogP contribution in [0.3, 0.4) is 0 Å². The molecule has 0 amide bonds. The lowest BCUT2D eigenvalue weighted by molar-refractivity contribution is -0.143. The number of carboxylic acid groups (broad SMARTS) is 1. The summed E-state index contributed by atoms with van der Waals surface area (Å²) in [7, 11) is 0. The van der Waals surface area contributed by atoms with Gasteiger partial charge in [-0.25, -0.2) is 0 Å². The van der Waals surface area contributed by atoms with Gasteiger partial charge in [-0.15, -0.1) is 0 Å². The molecule has 4 heteroatoms. The molecule has 4 nitrogen and oxygen atoms in total. The summed E-state index contributed by atoms with van der Waals surface area (Å²) < 4.78 is 5.41. The van der Waals surface area contributed by atoms with Crippen LogP contribution in [0, 0.1) is 11.8 Å². The van der Waals surface area contributed by atoms with E-state index in [0.29, 0.717) is 17.9 Å². The Hall–Kier alpha value is -0.610. The van der Waals surface area contributed by atoms with E-state index in [1.807, 2.05) is 0 Å². The molecule has 1 aliphatic carbocycles. The van der Waals surface area contributed by atoms with Crippen molar-refractivity contribution >= 4 is 5.97 Å². The van der Waals surface area contributed by atoms with Crippen LogP contribution in [0.1, 0.15) is 44.9 Å². The number of hydrogen-bond acceptors (Lipinski definition) is 3. The maximum Gasteiger partial charge on any atom is 0.320 e. The third kappa shape index (κ3) is 2.79. The molecule has 1 N–H and O–H groups in total. The molecule has 3 aliphatic rings. The standard InChI is InChI=1S/C15H25NO3/c17-15(18)14-9-12-3-1-2-4-13(12)16(14)10-11-5-7-19-8-6-11/h11-14H,1-10H2,(H,17,18)/t12-,13-,14-/m0/s1. The summed E-state index contributed by atoms with van der Waals surface area (Å²) in [4.78, 5) is 13.9. The fourth-order valence-electron chi connectivity index (χ4n) is 4.29. The monoisotopic (exact) mass is 267 g/mol. The maximum atomic E-state index is 11.5. The Bertz CT molecular complexity index is 327. The topological polar surface area (TPSA) is 49.8 Å². The number of likely N-dealkylation sites (tertiary alicyclic amines) is 1. The molecule has 3 rings (SSSR count). The second-order valence-corrected chi connectivity index (χ2v) is 6.45. The highest BCUT2D eigenvalue weighted by atomic mass is 16.5. The first-order chi connectivity index (χ1) is 9.25. The molecule has 0 aromatic carbocycles. The lowest BCUT2D eigenvalue weighted by atomic mass is 9.84. The van der Waals surface area contributed by atoms with Gasteiger partial charge in [0.2, 0.25) is 0 Å². The van der Waals surface area contributed by atoms with E-state index in [4.69, 9.17) is 4.74 Å². The first-order valence-corrected chi connectivity index (χ1v) is 7.82. The molecule has 19 heavy (non-hydrogen) atoms. The van der Waals surface area contributed by atoms with E-state index in [9.17, 15) is 9.90 Å². The van der Waals surface area contributed by atoms with E-state index in [-0.39, 0.29) is 6.04 Å². The zero-order valence-electron chi connectivity index (χ0n) is 11.6. The Morgan fingerprint density at radius 2 is 1.89 bits per heavy atom. The van der Waals surface area contributed by atoms with Gasteiger partial charge in [0.05, 0.1) is 0 Å². The summed E-state index contributed by atoms with van der Waals surface area (Å²) in [6.07, 6.45) is 8.08. The molecule has 2 saturated heterocycles. The second-order valence-electron chi connectivity index (χ2n) is 6.45. The summed E-state index contributed by atoms with van der Waals surface area (Å²) >= 11 is 0. The molecule has 0 aromatic rings. The molecule has 0 spiro atoms. The molecule has 0 unspecified atom stereocenters. The van der Waals surface area contributed by atoms with Crippen molar-refractivity contribution in [1.82, 2.24) is 4.90 Å². The number of carboxylic acids is 1. The number of nitrogens with zero attached hydrogens (tertiary/aromatic N) is 1. The average Bonchev–Trinajstić information content (AvgIpc) is 2.79. The van der Waals surface area contributed by atoms with Crippen LogP contribution in [0.25, 0.3) is 0 Å². The number of carbonyl (C=O) groups is 1. The lowest BCUT2D eigenvalue weighted by Gasteiger charge is -2.36. The van der Waals surface area contributed by atoms with Crippen molar-refractivity contribution in [3.63, 3.8) is 0 Å². The number of aliphatic carboxylic acids is 1. The van der Waals surface area contributed by atoms with Crippen molar-refractivity contribution < 1.29 is 14.6 Å². The molecule has 2 heterocycles. The normalized spacial score (nSPS) is 37.2. The summed E-state index contributed by atoms with van der Waals surface area (Å²) in [5.41, 5.74) is 0. The fourth-order valence-corrected chi connectivity index (χ4v) is 4.29. The first-order valence-electron chi connectivity index (χ1n) is 7.82. The minimum atomic E-state index is -0.610. The van der Waals surface area contributed by atoms with Gasteiger partial charge in [-0.05, 0) is 43.9 Å². The Labute approximate surface area is 115 Å². The highest BCUT2D eigenvalue weighted by Crippen LogP contribution is 2.40. The summed E-state index contributed by atoms with van der Waals surface area (Å²) in [6, 6.07) is 0.314. The molecule has 0 bridgehead atoms. The van der Waals surface area contributed by atoms with Crippen LogP contribution in [-0.2, 0) is 9.53 Å². The SMILES string of the molecule is O=C(O)[C@@H]1C[C@@H]2CCCC[C@@H]2N1CC1CCOCC1. The van der Waals surface area contributed by atoms with Crippen molar-refractivity contribution in [1.29, 1.82) is 0 Å². The molecular formula is C15H25NO3. The Kier molecular flexibility index (Phi) is 4.08. The van der Waals surface area contributed by atoms with E-state index < -0.39 is 5.97 Å². The van der Waals surface area contributed by atoms with Gasteiger partial charge >= 0.3 is 5.97 Å². The van der Waals surface area contributed by atoms with Crippen LogP contribution < -0.4 is 0 Å². The van der Waals surface area contributed by atoms with Crippen molar-refractivity contribution in [3.8, 4) is 0 Å². The minimum absolute atomic E-state index is 0.226. The molecule has 1 saturated carbocycles. The highest BCUT2D eigenvalue weighted by molar-refractivity contribution is 5.74. The van der Waals surface area contributed by atoms with Gasteiger partial charge in [0.1, 0.15) is 6.04 Å². The zero-order valence-corrected chi connectivity index (χ0v) is 11.6. The Morgan fingerprint density at radius 1 is 1.16 bits per heavy atom. The molecule has 2 aliphatic heterocycles. The van der Waals surface area contributed by atoms with Crippen LogP contribution in [-0.4, -0.2) is 47.8 Å². The number of ether oxygens (including phenoxy) is 1. The van der Waals surface area contributed by atoms with E-state index in [1.165, 1.54) is 25.7 Å². The second kappa shape index (κ2) is 5.80. The van der Waals surface area contributed by atoms with E-state index in [0.717, 1.165) is 39.0 Å². The Balaban J connectivity index is 1.69. The van der Waals surface area contributed by atoms with Crippen LogP contribution in [0.2, 0.25) is 0 Å². The zero-order chi connectivity index (χ0) is 13.2. The first kappa shape index (κ1) is 13.4.